The zero-order valence-electron chi connectivity index (χ0n) is 10.7. The van der Waals surface area contributed by atoms with E-state index in [1.807, 2.05) is 30.3 Å². The maximum atomic E-state index is 12.0. The molecule has 0 saturated carbocycles. The van der Waals surface area contributed by atoms with E-state index in [2.05, 4.69) is 5.32 Å². The number of nitrogens with one attached hydrogen (secondary N) is 1. The largest absolute Gasteiger partial charge is 0.480 e. The van der Waals surface area contributed by atoms with Gasteiger partial charge < -0.3 is 10.4 Å². The van der Waals surface area contributed by atoms with E-state index in [-0.39, 0.29) is 18.4 Å². The topological polar surface area (TPSA) is 66.4 Å². The van der Waals surface area contributed by atoms with Gasteiger partial charge in [0, 0.05) is 5.75 Å². The number of carbonyl (C=O) groups is 2. The van der Waals surface area contributed by atoms with E-state index in [1.165, 1.54) is 0 Å². The van der Waals surface area contributed by atoms with Gasteiger partial charge in [-0.3, -0.25) is 9.59 Å². The fourth-order valence-electron chi connectivity index (χ4n) is 1.58. The van der Waals surface area contributed by atoms with Crippen LogP contribution in [-0.2, 0) is 16.0 Å². The Morgan fingerprint density at radius 1 is 1.32 bits per heavy atom. The van der Waals surface area contributed by atoms with E-state index in [0.29, 0.717) is 12.2 Å². The van der Waals surface area contributed by atoms with Gasteiger partial charge in [0.05, 0.1) is 5.92 Å². The molecule has 0 aromatic heterocycles. The van der Waals surface area contributed by atoms with Crippen molar-refractivity contribution < 1.29 is 14.7 Å². The summed E-state index contributed by atoms with van der Waals surface area (Å²) in [6.07, 6.45) is 0.640. The van der Waals surface area contributed by atoms with Gasteiger partial charge in [0.1, 0.15) is 6.54 Å². The van der Waals surface area contributed by atoms with Crippen molar-refractivity contribution in [3.8, 4) is 0 Å². The number of hydrogen-bond donors (Lipinski definition) is 2. The lowest BCUT2D eigenvalue weighted by molar-refractivity contribution is -0.138. The van der Waals surface area contributed by atoms with Crippen LogP contribution in [0.3, 0.4) is 0 Å². The fraction of sp³-hybridized carbons (Fsp3) is 0.333. The van der Waals surface area contributed by atoms with Gasteiger partial charge in [-0.2, -0.15) is 0 Å². The minimum absolute atomic E-state index is 0.186. The second kappa shape index (κ2) is 9.32. The molecule has 0 aliphatic rings. The molecular formula is C12H16AlNO3S2. The molecule has 1 rings (SSSR count). The minimum Gasteiger partial charge on any atom is -0.480 e. The summed E-state index contributed by atoms with van der Waals surface area (Å²) in [4.78, 5) is 22.5. The second-order valence-electron chi connectivity index (χ2n) is 3.95. The van der Waals surface area contributed by atoms with Gasteiger partial charge in [-0.15, -0.1) is 10.8 Å². The number of carbonyl (C=O) groups excluding carboxylic acids is 1. The van der Waals surface area contributed by atoms with Crippen molar-refractivity contribution in [1.29, 1.82) is 0 Å². The quantitative estimate of drug-likeness (QED) is 0.553. The highest BCUT2D eigenvalue weighted by molar-refractivity contribution is 8.84. The Labute approximate surface area is 127 Å². The maximum absolute atomic E-state index is 12.0. The molecule has 0 heterocycles. The van der Waals surface area contributed by atoms with Gasteiger partial charge in [-0.1, -0.05) is 30.3 Å². The fourth-order valence-corrected chi connectivity index (χ4v) is 4.28. The normalized spacial score (nSPS) is 11.8. The van der Waals surface area contributed by atoms with Crippen LogP contribution in [0.1, 0.15) is 5.56 Å². The molecule has 1 aromatic carbocycles. The van der Waals surface area contributed by atoms with Gasteiger partial charge in [-0.05, 0) is 12.0 Å². The van der Waals surface area contributed by atoms with Crippen LogP contribution in [0, 0.1) is 5.92 Å². The molecule has 19 heavy (non-hydrogen) atoms. The second-order valence-corrected chi connectivity index (χ2v) is 9.56. The number of benzene rings is 1. The summed E-state index contributed by atoms with van der Waals surface area (Å²) in [5.41, 5.74) is 1.09. The first-order valence-corrected chi connectivity index (χ1v) is 11.0. The first-order chi connectivity index (χ1) is 9.13. The van der Waals surface area contributed by atoms with Crippen molar-refractivity contribution in [2.24, 2.45) is 5.92 Å². The lowest BCUT2D eigenvalue weighted by Gasteiger charge is -2.15. The molecule has 102 valence electrons. The average molecular weight is 313 g/mol. The van der Waals surface area contributed by atoms with Crippen molar-refractivity contribution in [3.05, 3.63) is 35.9 Å². The number of aliphatic carboxylic acids is 1. The molecule has 0 aliphatic heterocycles. The van der Waals surface area contributed by atoms with Crippen molar-refractivity contribution in [3.63, 3.8) is 0 Å². The summed E-state index contributed by atoms with van der Waals surface area (Å²) < 4.78 is 0. The molecule has 1 aromatic rings. The number of carboxylic acids is 1. The third-order valence-electron chi connectivity index (χ3n) is 2.50. The van der Waals surface area contributed by atoms with Crippen LogP contribution >= 0.6 is 20.0 Å². The van der Waals surface area contributed by atoms with Crippen LogP contribution in [-0.4, -0.2) is 44.4 Å². The number of amides is 1. The molecule has 0 radical (unpaired) electrons. The average Bonchev–Trinajstić information content (AvgIpc) is 2.41. The van der Waals surface area contributed by atoms with Gasteiger partial charge in [-0.25, -0.2) is 9.16 Å². The molecule has 1 atom stereocenters. The van der Waals surface area contributed by atoms with Gasteiger partial charge in [0.25, 0.3) is 0 Å². The predicted octanol–water partition coefficient (Wildman–Crippen LogP) is 0.976. The lowest BCUT2D eigenvalue weighted by Crippen LogP contribution is -2.36. The molecular weight excluding hydrogens is 297 g/mol. The summed E-state index contributed by atoms with van der Waals surface area (Å²) in [5.74, 6) is -0.687. The summed E-state index contributed by atoms with van der Waals surface area (Å²) in [6.45, 7) is -0.317. The van der Waals surface area contributed by atoms with Crippen LogP contribution in [0.5, 0.6) is 0 Å². The monoisotopic (exact) mass is 313 g/mol. The highest BCUT2D eigenvalue weighted by Gasteiger charge is 2.19. The minimum atomic E-state index is -1.02. The predicted molar refractivity (Wildman–Crippen MR) is 82.9 cm³/mol. The van der Waals surface area contributed by atoms with Crippen LogP contribution in [0.15, 0.2) is 30.3 Å². The Hall–Kier alpha value is -0.608. The highest BCUT2D eigenvalue weighted by atomic mass is 33.2. The van der Waals surface area contributed by atoms with E-state index in [0.717, 1.165) is 20.7 Å². The molecule has 4 nitrogen and oxygen atoms in total. The molecule has 0 aliphatic carbocycles. The summed E-state index contributed by atoms with van der Waals surface area (Å²) >= 11 is 1.02. The summed E-state index contributed by atoms with van der Waals surface area (Å²) in [5, 5.41) is 11.1. The standard InChI is InChI=1S/C12H15NO3S2.Al.2H/c14-11(15)7-13-12(16)10(8-18-17)6-9-4-2-1-3-5-9;;;/h1-5,10,17H,6-8H2,(H,13,16)(H,14,15);;;/q;+1;;/p-1. The van der Waals surface area contributed by atoms with Crippen molar-refractivity contribution in [2.75, 3.05) is 12.3 Å². The maximum Gasteiger partial charge on any atom is 0.322 e. The molecule has 7 heteroatoms. The van der Waals surface area contributed by atoms with Crippen molar-refractivity contribution in [2.45, 2.75) is 6.42 Å². The first-order valence-electron chi connectivity index (χ1n) is 5.82. The Bertz CT molecular complexity index is 417. The zero-order valence-corrected chi connectivity index (χ0v) is 14.3. The van der Waals surface area contributed by atoms with Crippen molar-refractivity contribution >= 4 is 47.0 Å². The lowest BCUT2D eigenvalue weighted by atomic mass is 10.0. The molecule has 1 unspecified atom stereocenters. The zero-order chi connectivity index (χ0) is 14.1. The Morgan fingerprint density at radius 3 is 2.58 bits per heavy atom. The smallest absolute Gasteiger partial charge is 0.322 e. The first kappa shape index (κ1) is 16.4. The van der Waals surface area contributed by atoms with E-state index < -0.39 is 5.97 Å². The number of rotatable bonds is 8. The summed E-state index contributed by atoms with van der Waals surface area (Å²) in [7, 11) is 3.41. The molecule has 0 fully saturated rings. The third-order valence-corrected chi connectivity index (χ3v) is 6.51. The van der Waals surface area contributed by atoms with Crippen LogP contribution < -0.4 is 5.32 Å². The molecule has 2 N–H and O–H groups in total. The Balaban J connectivity index is 2.60. The van der Waals surface area contributed by atoms with Crippen LogP contribution in [0.25, 0.3) is 0 Å². The van der Waals surface area contributed by atoms with Crippen LogP contribution in [0.4, 0.5) is 0 Å². The van der Waals surface area contributed by atoms with E-state index >= 15 is 0 Å². The molecule has 0 spiro atoms. The number of carboxylic acid groups (broad SMARTS) is 1. The molecule has 0 saturated heterocycles. The van der Waals surface area contributed by atoms with Gasteiger partial charge in [0.2, 0.25) is 5.91 Å². The Morgan fingerprint density at radius 2 is 2.00 bits per heavy atom. The highest BCUT2D eigenvalue weighted by Crippen LogP contribution is 2.22. The van der Waals surface area contributed by atoms with Gasteiger partial charge in [0.15, 0.2) is 0 Å². The SMILES string of the molecule is O=C(O)CNC(=O)C(CS[S][AlH2])Cc1ccccc1. The summed E-state index contributed by atoms with van der Waals surface area (Å²) in [6, 6.07) is 9.78. The molecule has 0 bridgehead atoms. The number of hydrogen-bond acceptors (Lipinski definition) is 4. The van der Waals surface area contributed by atoms with E-state index in [4.69, 9.17) is 5.11 Å². The Kier molecular flexibility index (Phi) is 8.07. The van der Waals surface area contributed by atoms with E-state index in [1.54, 1.807) is 20.0 Å². The van der Waals surface area contributed by atoms with Crippen molar-refractivity contribution in [1.82, 2.24) is 5.32 Å². The van der Waals surface area contributed by atoms with E-state index in [9.17, 15) is 9.59 Å². The molecule has 1 amide bonds. The van der Waals surface area contributed by atoms with Gasteiger partial charge >= 0.3 is 21.1 Å². The third kappa shape index (κ3) is 6.93. The van der Waals surface area contributed by atoms with Crippen LogP contribution in [0.2, 0.25) is 0 Å².